The van der Waals surface area contributed by atoms with E-state index in [9.17, 15) is 4.79 Å². The van der Waals surface area contributed by atoms with Gasteiger partial charge in [-0.1, -0.05) is 50.7 Å². The molecule has 0 aliphatic rings. The number of hydrogen-bond donors (Lipinski definition) is 1. The summed E-state index contributed by atoms with van der Waals surface area (Å²) >= 11 is 1.46. The summed E-state index contributed by atoms with van der Waals surface area (Å²) in [5, 5.41) is 3.61. The molecule has 0 aliphatic heterocycles. The number of thioether (sulfide) groups is 1. The predicted octanol–water partition coefficient (Wildman–Crippen LogP) is 4.50. The number of pyridine rings is 1. The van der Waals surface area contributed by atoms with E-state index in [0.29, 0.717) is 0 Å². The van der Waals surface area contributed by atoms with Crippen molar-refractivity contribution in [2.24, 2.45) is 0 Å². The zero-order valence-corrected chi connectivity index (χ0v) is 14.3. The van der Waals surface area contributed by atoms with Gasteiger partial charge in [0.2, 0.25) is 5.91 Å². The van der Waals surface area contributed by atoms with Gasteiger partial charge in [-0.25, -0.2) is 4.98 Å². The van der Waals surface area contributed by atoms with E-state index in [1.165, 1.54) is 17.3 Å². The van der Waals surface area contributed by atoms with Crippen LogP contribution in [0.15, 0.2) is 53.7 Å². The number of nitrogens with one attached hydrogen (secondary N) is 1. The molecule has 0 spiro atoms. The Morgan fingerprint density at radius 1 is 1.14 bits per heavy atom. The zero-order valence-electron chi connectivity index (χ0n) is 13.5. The summed E-state index contributed by atoms with van der Waals surface area (Å²) in [7, 11) is 0. The fraction of sp³-hybridized carbons (Fsp3) is 0.333. The highest BCUT2D eigenvalue weighted by Crippen LogP contribution is 2.25. The maximum atomic E-state index is 12.2. The molecule has 22 heavy (non-hydrogen) atoms. The second-order valence-corrected chi connectivity index (χ2v) is 7.61. The molecule has 0 aliphatic carbocycles. The van der Waals surface area contributed by atoms with Crippen molar-refractivity contribution in [2.75, 3.05) is 5.32 Å². The standard InChI is InChI=1S/C18H22N2OS/c1-13(22-16-7-5-6-12-19-16)17(21)20-15-10-8-14(9-11-15)18(2,3)4/h5-13H,1-4H3,(H,20,21)/t13-/m1/s1. The molecule has 1 aromatic carbocycles. The normalized spacial score (nSPS) is 12.7. The van der Waals surface area contributed by atoms with E-state index in [4.69, 9.17) is 0 Å². The van der Waals surface area contributed by atoms with Crippen LogP contribution >= 0.6 is 11.8 Å². The molecule has 116 valence electrons. The summed E-state index contributed by atoms with van der Waals surface area (Å²) in [5.41, 5.74) is 2.19. The second-order valence-electron chi connectivity index (χ2n) is 6.24. The Bertz CT molecular complexity index is 618. The van der Waals surface area contributed by atoms with Crippen LogP contribution in [-0.2, 0) is 10.2 Å². The van der Waals surface area contributed by atoms with E-state index in [2.05, 4.69) is 43.2 Å². The first-order valence-electron chi connectivity index (χ1n) is 7.35. The number of rotatable bonds is 4. The van der Waals surface area contributed by atoms with Gasteiger partial charge in [0.1, 0.15) is 0 Å². The predicted molar refractivity (Wildman–Crippen MR) is 93.3 cm³/mol. The number of carbonyl (C=O) groups excluding carboxylic acids is 1. The molecule has 0 saturated heterocycles. The summed E-state index contributed by atoms with van der Waals surface area (Å²) in [5.74, 6) is -0.0147. The van der Waals surface area contributed by atoms with Crippen molar-refractivity contribution in [1.29, 1.82) is 0 Å². The highest BCUT2D eigenvalue weighted by atomic mass is 32.2. The highest BCUT2D eigenvalue weighted by Gasteiger charge is 2.16. The van der Waals surface area contributed by atoms with Gasteiger partial charge in [-0.3, -0.25) is 4.79 Å². The maximum Gasteiger partial charge on any atom is 0.237 e. The number of aromatic nitrogens is 1. The Kier molecular flexibility index (Phi) is 5.24. The van der Waals surface area contributed by atoms with Crippen LogP contribution in [0.4, 0.5) is 5.69 Å². The number of carbonyl (C=O) groups is 1. The third-order valence-corrected chi connectivity index (χ3v) is 4.37. The van der Waals surface area contributed by atoms with Gasteiger partial charge in [0.05, 0.1) is 10.3 Å². The van der Waals surface area contributed by atoms with E-state index < -0.39 is 0 Å². The zero-order chi connectivity index (χ0) is 16.2. The molecule has 0 radical (unpaired) electrons. The largest absolute Gasteiger partial charge is 0.325 e. The van der Waals surface area contributed by atoms with Gasteiger partial charge in [-0.15, -0.1) is 0 Å². The van der Waals surface area contributed by atoms with Gasteiger partial charge >= 0.3 is 0 Å². The molecule has 0 bridgehead atoms. The first-order valence-corrected chi connectivity index (χ1v) is 8.23. The number of benzene rings is 1. The van der Waals surface area contributed by atoms with Gasteiger partial charge in [-0.05, 0) is 42.2 Å². The molecule has 2 aromatic rings. The number of hydrogen-bond acceptors (Lipinski definition) is 3. The molecule has 4 heteroatoms. The summed E-state index contributed by atoms with van der Waals surface area (Å²) in [6.07, 6.45) is 1.73. The minimum absolute atomic E-state index is 0.0147. The van der Waals surface area contributed by atoms with Crippen LogP contribution in [0.3, 0.4) is 0 Å². The molecule has 0 unspecified atom stereocenters. The first kappa shape index (κ1) is 16.6. The quantitative estimate of drug-likeness (QED) is 0.845. The van der Waals surface area contributed by atoms with E-state index in [0.717, 1.165) is 10.7 Å². The van der Waals surface area contributed by atoms with Crippen LogP contribution in [0.25, 0.3) is 0 Å². The van der Waals surface area contributed by atoms with Crippen LogP contribution in [0.5, 0.6) is 0 Å². The van der Waals surface area contributed by atoms with E-state index in [1.54, 1.807) is 6.20 Å². The fourth-order valence-corrected chi connectivity index (χ4v) is 2.76. The van der Waals surface area contributed by atoms with Gasteiger partial charge in [0, 0.05) is 11.9 Å². The number of nitrogens with zero attached hydrogens (tertiary/aromatic N) is 1. The first-order chi connectivity index (χ1) is 10.4. The smallest absolute Gasteiger partial charge is 0.237 e. The van der Waals surface area contributed by atoms with Gasteiger partial charge in [0.15, 0.2) is 0 Å². The lowest BCUT2D eigenvalue weighted by Crippen LogP contribution is -2.22. The topological polar surface area (TPSA) is 42.0 Å². The Labute approximate surface area is 136 Å². The van der Waals surface area contributed by atoms with Crippen LogP contribution in [0, 0.1) is 0 Å². The van der Waals surface area contributed by atoms with Crippen LogP contribution in [0.1, 0.15) is 33.3 Å². The molecule has 0 fully saturated rings. The molecule has 1 aromatic heterocycles. The minimum Gasteiger partial charge on any atom is -0.325 e. The molecule has 0 saturated carbocycles. The molecule has 2 rings (SSSR count). The molecule has 1 heterocycles. The van der Waals surface area contributed by atoms with Gasteiger partial charge in [0.25, 0.3) is 0 Å². The SMILES string of the molecule is C[C@@H](Sc1ccccn1)C(=O)Nc1ccc(C(C)(C)C)cc1. The molecule has 1 atom stereocenters. The van der Waals surface area contributed by atoms with Crippen molar-refractivity contribution in [2.45, 2.75) is 43.4 Å². The average Bonchev–Trinajstić information content (AvgIpc) is 2.48. The molecule has 1 N–H and O–H groups in total. The molecular formula is C18H22N2OS. The van der Waals surface area contributed by atoms with E-state index in [1.807, 2.05) is 37.3 Å². The maximum absolute atomic E-state index is 12.2. The number of anilines is 1. The Morgan fingerprint density at radius 2 is 1.82 bits per heavy atom. The van der Waals surface area contributed by atoms with Gasteiger partial charge < -0.3 is 5.32 Å². The van der Waals surface area contributed by atoms with Crippen LogP contribution in [-0.4, -0.2) is 16.1 Å². The lowest BCUT2D eigenvalue weighted by Gasteiger charge is -2.19. The van der Waals surface area contributed by atoms with E-state index >= 15 is 0 Å². The fourth-order valence-electron chi connectivity index (χ4n) is 1.95. The van der Waals surface area contributed by atoms with Crippen LogP contribution < -0.4 is 5.32 Å². The molecule has 3 nitrogen and oxygen atoms in total. The Hall–Kier alpha value is -1.81. The molecule has 1 amide bonds. The van der Waals surface area contributed by atoms with Crippen molar-refractivity contribution in [1.82, 2.24) is 4.98 Å². The summed E-state index contributed by atoms with van der Waals surface area (Å²) in [6.45, 7) is 8.41. The van der Waals surface area contributed by atoms with Crippen molar-refractivity contribution < 1.29 is 4.79 Å². The monoisotopic (exact) mass is 314 g/mol. The summed E-state index contributed by atoms with van der Waals surface area (Å²) in [6, 6.07) is 13.7. The lowest BCUT2D eigenvalue weighted by molar-refractivity contribution is -0.115. The molecular weight excluding hydrogens is 292 g/mol. The van der Waals surface area contributed by atoms with Crippen LogP contribution in [0.2, 0.25) is 0 Å². The third kappa shape index (κ3) is 4.60. The Balaban J connectivity index is 1.96. The third-order valence-electron chi connectivity index (χ3n) is 3.32. The van der Waals surface area contributed by atoms with Crippen molar-refractivity contribution in [3.8, 4) is 0 Å². The second kappa shape index (κ2) is 6.97. The Morgan fingerprint density at radius 3 is 2.36 bits per heavy atom. The van der Waals surface area contributed by atoms with Gasteiger partial charge in [-0.2, -0.15) is 0 Å². The lowest BCUT2D eigenvalue weighted by atomic mass is 9.87. The summed E-state index contributed by atoms with van der Waals surface area (Å²) in [4.78, 5) is 16.5. The summed E-state index contributed by atoms with van der Waals surface area (Å²) < 4.78 is 0. The van der Waals surface area contributed by atoms with Crippen molar-refractivity contribution in [3.05, 3.63) is 54.2 Å². The average molecular weight is 314 g/mol. The highest BCUT2D eigenvalue weighted by molar-refractivity contribution is 8.00. The van der Waals surface area contributed by atoms with Crippen molar-refractivity contribution >= 4 is 23.4 Å². The van der Waals surface area contributed by atoms with Crippen molar-refractivity contribution in [3.63, 3.8) is 0 Å². The minimum atomic E-state index is -0.197. The number of amides is 1. The van der Waals surface area contributed by atoms with E-state index in [-0.39, 0.29) is 16.6 Å².